The van der Waals surface area contributed by atoms with Crippen LogP contribution in [0.3, 0.4) is 0 Å². The van der Waals surface area contributed by atoms with Gasteiger partial charge in [-0.15, -0.1) is 0 Å². The lowest BCUT2D eigenvalue weighted by Crippen LogP contribution is -2.29. The van der Waals surface area contributed by atoms with Crippen LogP contribution in [0, 0.1) is 11.3 Å². The molecule has 1 saturated carbocycles. The number of hydrogen-bond acceptors (Lipinski definition) is 1. The maximum Gasteiger partial charge on any atom is 0.139 e. The maximum absolute atomic E-state index is 11.5. The monoisotopic (exact) mass is 150 g/mol. The molecule has 0 saturated heterocycles. The number of hydrogen-bond donors (Lipinski definition) is 0. The molecule has 0 N–H and O–H groups in total. The molecule has 0 radical (unpaired) electrons. The van der Waals surface area contributed by atoms with Crippen LogP contribution in [0.2, 0.25) is 0 Å². The molecule has 0 aromatic carbocycles. The van der Waals surface area contributed by atoms with Crippen LogP contribution in [-0.4, -0.2) is 5.78 Å². The summed E-state index contributed by atoms with van der Waals surface area (Å²) in [5.74, 6) is 1.15. The molecule has 0 aliphatic heterocycles. The normalized spacial score (nSPS) is 42.6. The minimum atomic E-state index is 0.0226. The van der Waals surface area contributed by atoms with Gasteiger partial charge in [0.05, 0.1) is 0 Å². The summed E-state index contributed by atoms with van der Waals surface area (Å²) >= 11 is 0. The number of allylic oxidation sites excluding steroid dienone is 2. The van der Waals surface area contributed by atoms with Gasteiger partial charge in [-0.25, -0.2) is 0 Å². The predicted octanol–water partition coefficient (Wildman–Crippen LogP) is 2.32. The third-order valence-electron chi connectivity index (χ3n) is 3.39. The molecule has 11 heavy (non-hydrogen) atoms. The summed E-state index contributed by atoms with van der Waals surface area (Å²) in [7, 11) is 0. The maximum atomic E-state index is 11.5. The Labute approximate surface area is 67.5 Å². The first-order valence-electron chi connectivity index (χ1n) is 4.42. The number of carbonyl (C=O) groups excluding carboxylic acids is 1. The van der Waals surface area contributed by atoms with Crippen LogP contribution in [0.4, 0.5) is 0 Å². The van der Waals surface area contributed by atoms with Gasteiger partial charge in [-0.1, -0.05) is 19.1 Å². The Hall–Kier alpha value is -0.590. The van der Waals surface area contributed by atoms with E-state index in [9.17, 15) is 4.79 Å². The molecule has 0 aromatic heterocycles. The zero-order valence-corrected chi connectivity index (χ0v) is 6.97. The quantitative estimate of drug-likeness (QED) is 0.484. The second kappa shape index (κ2) is 2.20. The molecule has 0 heterocycles. The van der Waals surface area contributed by atoms with Crippen molar-refractivity contribution in [3.05, 3.63) is 12.2 Å². The highest BCUT2D eigenvalue weighted by Gasteiger charge is 2.45. The van der Waals surface area contributed by atoms with Crippen molar-refractivity contribution in [3.8, 4) is 0 Å². The van der Waals surface area contributed by atoms with Crippen LogP contribution in [0.25, 0.3) is 0 Å². The van der Waals surface area contributed by atoms with Crippen LogP contribution in [0.15, 0.2) is 12.2 Å². The largest absolute Gasteiger partial charge is 0.299 e. The van der Waals surface area contributed by atoms with Gasteiger partial charge >= 0.3 is 0 Å². The predicted molar refractivity (Wildman–Crippen MR) is 44.2 cm³/mol. The first-order chi connectivity index (χ1) is 5.23. The van der Waals surface area contributed by atoms with Crippen molar-refractivity contribution >= 4 is 5.78 Å². The molecule has 1 nitrogen and oxygen atoms in total. The second-order valence-corrected chi connectivity index (χ2v) is 3.99. The van der Waals surface area contributed by atoms with Gasteiger partial charge in [-0.3, -0.25) is 4.79 Å². The molecule has 1 fully saturated rings. The van der Waals surface area contributed by atoms with E-state index in [0.717, 1.165) is 25.7 Å². The molecule has 1 heteroatoms. The van der Waals surface area contributed by atoms with Crippen molar-refractivity contribution in [3.63, 3.8) is 0 Å². The number of rotatable bonds is 0. The van der Waals surface area contributed by atoms with Crippen LogP contribution >= 0.6 is 0 Å². The second-order valence-electron chi connectivity index (χ2n) is 3.99. The van der Waals surface area contributed by atoms with Crippen molar-refractivity contribution in [2.45, 2.75) is 32.6 Å². The third-order valence-corrected chi connectivity index (χ3v) is 3.39. The SMILES string of the molecule is C[C@@]12CC=CC[C@H]1CCC2=O. The van der Waals surface area contributed by atoms with Crippen molar-refractivity contribution in [2.24, 2.45) is 11.3 Å². The van der Waals surface area contributed by atoms with E-state index in [4.69, 9.17) is 0 Å². The van der Waals surface area contributed by atoms with Gasteiger partial charge in [-0.05, 0) is 25.2 Å². The van der Waals surface area contributed by atoms with Gasteiger partial charge in [0, 0.05) is 11.8 Å². The molecule has 60 valence electrons. The molecule has 0 amide bonds. The Balaban J connectivity index is 2.31. The fourth-order valence-electron chi connectivity index (χ4n) is 2.38. The first-order valence-corrected chi connectivity index (χ1v) is 4.42. The number of carbonyl (C=O) groups is 1. The zero-order valence-electron chi connectivity index (χ0n) is 6.97. The highest BCUT2D eigenvalue weighted by Crippen LogP contribution is 2.47. The Morgan fingerprint density at radius 2 is 2.36 bits per heavy atom. The molecule has 0 unspecified atom stereocenters. The highest BCUT2D eigenvalue weighted by atomic mass is 16.1. The number of Topliss-reactive ketones (excluding diaryl/α,β-unsaturated/α-hetero) is 1. The molecule has 0 aromatic rings. The lowest BCUT2D eigenvalue weighted by Gasteiger charge is -2.31. The average molecular weight is 150 g/mol. The molecule has 2 atom stereocenters. The van der Waals surface area contributed by atoms with Crippen molar-refractivity contribution < 1.29 is 4.79 Å². The van der Waals surface area contributed by atoms with E-state index < -0.39 is 0 Å². The smallest absolute Gasteiger partial charge is 0.139 e. The van der Waals surface area contributed by atoms with E-state index in [0.29, 0.717) is 11.7 Å². The molecular formula is C10H14O. The van der Waals surface area contributed by atoms with Crippen LogP contribution in [0.5, 0.6) is 0 Å². The van der Waals surface area contributed by atoms with Gasteiger partial charge in [0.2, 0.25) is 0 Å². The third kappa shape index (κ3) is 0.867. The lowest BCUT2D eigenvalue weighted by atomic mass is 9.72. The molecular weight excluding hydrogens is 136 g/mol. The van der Waals surface area contributed by atoms with Crippen LogP contribution in [-0.2, 0) is 4.79 Å². The standard InChI is InChI=1S/C10H14O/c1-10-7-3-2-4-8(10)5-6-9(10)11/h2-3,8H,4-7H2,1H3/t8-,10+/m0/s1. The van der Waals surface area contributed by atoms with E-state index >= 15 is 0 Å². The highest BCUT2D eigenvalue weighted by molar-refractivity contribution is 5.87. The summed E-state index contributed by atoms with van der Waals surface area (Å²) in [6.07, 6.45) is 8.45. The number of ketones is 1. The Morgan fingerprint density at radius 3 is 3.09 bits per heavy atom. The molecule has 0 spiro atoms. The van der Waals surface area contributed by atoms with Crippen molar-refractivity contribution in [1.29, 1.82) is 0 Å². The summed E-state index contributed by atoms with van der Waals surface area (Å²) in [6, 6.07) is 0. The Bertz CT molecular complexity index is 217. The topological polar surface area (TPSA) is 17.1 Å². The lowest BCUT2D eigenvalue weighted by molar-refractivity contribution is -0.126. The van der Waals surface area contributed by atoms with E-state index in [1.807, 2.05) is 0 Å². The fraction of sp³-hybridized carbons (Fsp3) is 0.700. The minimum Gasteiger partial charge on any atom is -0.299 e. The van der Waals surface area contributed by atoms with Gasteiger partial charge in [-0.2, -0.15) is 0 Å². The zero-order chi connectivity index (χ0) is 7.90. The van der Waals surface area contributed by atoms with Gasteiger partial charge in [0.25, 0.3) is 0 Å². The summed E-state index contributed by atoms with van der Waals surface area (Å²) in [5.41, 5.74) is 0.0226. The molecule has 2 rings (SSSR count). The van der Waals surface area contributed by atoms with Gasteiger partial charge < -0.3 is 0 Å². The summed E-state index contributed by atoms with van der Waals surface area (Å²) in [4.78, 5) is 11.5. The van der Waals surface area contributed by atoms with E-state index in [1.54, 1.807) is 0 Å². The van der Waals surface area contributed by atoms with Gasteiger partial charge in [0.15, 0.2) is 0 Å². The van der Waals surface area contributed by atoms with E-state index in [1.165, 1.54) is 0 Å². The van der Waals surface area contributed by atoms with E-state index in [-0.39, 0.29) is 5.41 Å². The Morgan fingerprint density at radius 1 is 1.55 bits per heavy atom. The first kappa shape index (κ1) is 7.08. The summed E-state index contributed by atoms with van der Waals surface area (Å²) in [5, 5.41) is 0. The van der Waals surface area contributed by atoms with Crippen molar-refractivity contribution in [2.75, 3.05) is 0 Å². The van der Waals surface area contributed by atoms with Gasteiger partial charge in [0.1, 0.15) is 5.78 Å². The average Bonchev–Trinajstić information content (AvgIpc) is 2.29. The Kier molecular flexibility index (Phi) is 1.41. The molecule has 2 aliphatic carbocycles. The van der Waals surface area contributed by atoms with Crippen LogP contribution < -0.4 is 0 Å². The minimum absolute atomic E-state index is 0.0226. The fourth-order valence-corrected chi connectivity index (χ4v) is 2.38. The molecule has 2 aliphatic rings. The van der Waals surface area contributed by atoms with E-state index in [2.05, 4.69) is 19.1 Å². The number of fused-ring (bicyclic) bond motifs is 1. The van der Waals surface area contributed by atoms with Crippen LogP contribution in [0.1, 0.15) is 32.6 Å². The summed E-state index contributed by atoms with van der Waals surface area (Å²) < 4.78 is 0. The summed E-state index contributed by atoms with van der Waals surface area (Å²) in [6.45, 7) is 2.14. The van der Waals surface area contributed by atoms with Crippen molar-refractivity contribution in [1.82, 2.24) is 0 Å². The molecule has 0 bridgehead atoms.